The highest BCUT2D eigenvalue weighted by atomic mass is 19.4. The molecular formula is C31H36F3N3O4. The number of methoxy groups -OCH3 is 1. The van der Waals surface area contributed by atoms with Crippen LogP contribution in [0.4, 0.5) is 13.2 Å². The van der Waals surface area contributed by atoms with Gasteiger partial charge >= 0.3 is 12.3 Å². The van der Waals surface area contributed by atoms with Gasteiger partial charge in [0.05, 0.1) is 26.0 Å². The van der Waals surface area contributed by atoms with Crippen LogP contribution in [-0.2, 0) is 17.7 Å². The standard InChI is InChI=1S/C31H36F3N3O4/c1-3-40-30(38)29-27(37(36-35-29)19-21-9-14-25(39-2)15-10-21)17-20-7-11-22(12-8-20)24-13-16-28(41-31(32,33)34)26(18-24)23-5-4-6-23/h9-10,13-16,18,20,22-23H,3-8,11-12,17,19H2,1-2H3. The molecule has 1 heterocycles. The highest BCUT2D eigenvalue weighted by Crippen LogP contribution is 2.45. The number of alkyl halides is 3. The quantitative estimate of drug-likeness (QED) is 0.240. The van der Waals surface area contributed by atoms with Crippen LogP contribution in [-0.4, -0.2) is 41.0 Å². The minimum Gasteiger partial charge on any atom is -0.497 e. The van der Waals surface area contributed by atoms with Gasteiger partial charge in [0.2, 0.25) is 0 Å². The fourth-order valence-corrected chi connectivity index (χ4v) is 5.97. The van der Waals surface area contributed by atoms with Gasteiger partial charge in [-0.25, -0.2) is 9.48 Å². The molecule has 1 aromatic heterocycles. The van der Waals surface area contributed by atoms with E-state index in [0.717, 1.165) is 67.5 Å². The van der Waals surface area contributed by atoms with Crippen molar-refractivity contribution in [3.8, 4) is 11.5 Å². The highest BCUT2D eigenvalue weighted by Gasteiger charge is 2.35. The van der Waals surface area contributed by atoms with E-state index in [2.05, 4.69) is 15.0 Å². The van der Waals surface area contributed by atoms with Crippen LogP contribution in [0.15, 0.2) is 42.5 Å². The average molecular weight is 572 g/mol. The van der Waals surface area contributed by atoms with Crippen LogP contribution in [0.1, 0.15) is 96.6 Å². The third kappa shape index (κ3) is 7.02. The summed E-state index contributed by atoms with van der Waals surface area (Å²) in [5.41, 5.74) is 3.80. The maximum atomic E-state index is 13.0. The second-order valence-electron chi connectivity index (χ2n) is 11.0. The third-order valence-electron chi connectivity index (χ3n) is 8.40. The number of nitrogens with zero attached hydrogens (tertiary/aromatic N) is 3. The first kappa shape index (κ1) is 29.0. The van der Waals surface area contributed by atoms with Crippen LogP contribution in [0.25, 0.3) is 0 Å². The molecule has 5 rings (SSSR count). The van der Waals surface area contributed by atoms with Crippen molar-refractivity contribution < 1.29 is 32.2 Å². The Hall–Kier alpha value is -3.56. The van der Waals surface area contributed by atoms with Crippen molar-refractivity contribution in [2.24, 2.45) is 5.92 Å². The van der Waals surface area contributed by atoms with Crippen molar-refractivity contribution in [1.29, 1.82) is 0 Å². The molecule has 2 saturated carbocycles. The molecule has 220 valence electrons. The smallest absolute Gasteiger partial charge is 0.497 e. The summed E-state index contributed by atoms with van der Waals surface area (Å²) in [4.78, 5) is 12.7. The third-order valence-corrected chi connectivity index (χ3v) is 8.40. The fraction of sp³-hybridized carbons (Fsp3) is 0.516. The Bertz CT molecular complexity index is 1330. The van der Waals surface area contributed by atoms with Gasteiger partial charge in [0, 0.05) is 0 Å². The molecule has 0 amide bonds. The van der Waals surface area contributed by atoms with E-state index in [1.165, 1.54) is 6.07 Å². The maximum absolute atomic E-state index is 13.0. The van der Waals surface area contributed by atoms with Crippen molar-refractivity contribution in [2.75, 3.05) is 13.7 Å². The van der Waals surface area contributed by atoms with Crippen LogP contribution in [0.2, 0.25) is 0 Å². The normalized spacial score (nSPS) is 19.4. The molecule has 2 aliphatic rings. The molecule has 10 heteroatoms. The van der Waals surface area contributed by atoms with Crippen LogP contribution < -0.4 is 9.47 Å². The number of benzene rings is 2. The van der Waals surface area contributed by atoms with Crippen molar-refractivity contribution >= 4 is 5.97 Å². The summed E-state index contributed by atoms with van der Waals surface area (Å²) < 4.78 is 55.6. The van der Waals surface area contributed by atoms with Gasteiger partial charge in [0.1, 0.15) is 11.5 Å². The highest BCUT2D eigenvalue weighted by molar-refractivity contribution is 5.88. The Morgan fingerprint density at radius 2 is 1.73 bits per heavy atom. The first-order valence-electron chi connectivity index (χ1n) is 14.4. The molecule has 7 nitrogen and oxygen atoms in total. The molecule has 2 aromatic carbocycles. The van der Waals surface area contributed by atoms with E-state index in [-0.39, 0.29) is 29.9 Å². The van der Waals surface area contributed by atoms with E-state index in [4.69, 9.17) is 9.47 Å². The fourth-order valence-electron chi connectivity index (χ4n) is 5.97. The van der Waals surface area contributed by atoms with Gasteiger partial charge in [-0.15, -0.1) is 18.3 Å². The number of hydrogen-bond donors (Lipinski definition) is 0. The lowest BCUT2D eigenvalue weighted by molar-refractivity contribution is -0.275. The zero-order valence-electron chi connectivity index (χ0n) is 23.5. The van der Waals surface area contributed by atoms with Crippen molar-refractivity contribution in [3.05, 3.63) is 70.5 Å². The number of hydrogen-bond acceptors (Lipinski definition) is 6. The topological polar surface area (TPSA) is 75.5 Å². The molecule has 0 N–H and O–H groups in total. The van der Waals surface area contributed by atoms with Gasteiger partial charge in [-0.2, -0.15) is 0 Å². The summed E-state index contributed by atoms with van der Waals surface area (Å²) in [5, 5.41) is 8.49. The Labute approximate surface area is 238 Å². The first-order valence-corrected chi connectivity index (χ1v) is 14.4. The molecule has 41 heavy (non-hydrogen) atoms. The predicted molar refractivity (Wildman–Crippen MR) is 146 cm³/mol. The molecule has 0 radical (unpaired) electrons. The van der Waals surface area contributed by atoms with Crippen molar-refractivity contribution in [3.63, 3.8) is 0 Å². The number of esters is 1. The van der Waals surface area contributed by atoms with Gasteiger partial charge < -0.3 is 14.2 Å². The maximum Gasteiger partial charge on any atom is 0.573 e. The number of ether oxygens (including phenoxy) is 3. The van der Waals surface area contributed by atoms with E-state index in [1.807, 2.05) is 30.3 Å². The molecule has 2 fully saturated rings. The van der Waals surface area contributed by atoms with E-state index >= 15 is 0 Å². The lowest BCUT2D eigenvalue weighted by atomic mass is 9.74. The molecule has 0 aliphatic heterocycles. The molecule has 3 aromatic rings. The molecule has 0 unspecified atom stereocenters. The lowest BCUT2D eigenvalue weighted by Gasteiger charge is -2.32. The van der Waals surface area contributed by atoms with Gasteiger partial charge in [-0.1, -0.05) is 35.9 Å². The van der Waals surface area contributed by atoms with Gasteiger partial charge in [-0.3, -0.25) is 0 Å². The summed E-state index contributed by atoms with van der Waals surface area (Å²) in [6.07, 6.45) is 2.47. The van der Waals surface area contributed by atoms with Crippen molar-refractivity contribution in [1.82, 2.24) is 15.0 Å². The second-order valence-corrected chi connectivity index (χ2v) is 11.0. The van der Waals surface area contributed by atoms with E-state index in [0.29, 0.717) is 24.4 Å². The van der Waals surface area contributed by atoms with E-state index in [9.17, 15) is 18.0 Å². The van der Waals surface area contributed by atoms with Crippen molar-refractivity contribution in [2.45, 2.75) is 83.0 Å². The minimum atomic E-state index is -4.70. The minimum absolute atomic E-state index is 0.0660. The molecular weight excluding hydrogens is 535 g/mol. The van der Waals surface area contributed by atoms with Crippen LogP contribution >= 0.6 is 0 Å². The van der Waals surface area contributed by atoms with Crippen LogP contribution in [0.3, 0.4) is 0 Å². The summed E-state index contributed by atoms with van der Waals surface area (Å²) >= 11 is 0. The number of rotatable bonds is 10. The first-order chi connectivity index (χ1) is 19.7. The van der Waals surface area contributed by atoms with Crippen LogP contribution in [0, 0.1) is 5.92 Å². The summed E-state index contributed by atoms with van der Waals surface area (Å²) in [7, 11) is 1.62. The number of halogens is 3. The lowest BCUT2D eigenvalue weighted by Crippen LogP contribution is -2.21. The Balaban J connectivity index is 1.29. The predicted octanol–water partition coefficient (Wildman–Crippen LogP) is 7.19. The Morgan fingerprint density at radius 3 is 2.34 bits per heavy atom. The molecule has 2 aliphatic carbocycles. The second kappa shape index (κ2) is 12.5. The van der Waals surface area contributed by atoms with E-state index in [1.54, 1.807) is 24.8 Å². The monoisotopic (exact) mass is 571 g/mol. The zero-order valence-corrected chi connectivity index (χ0v) is 23.5. The van der Waals surface area contributed by atoms with Gasteiger partial charge in [0.25, 0.3) is 0 Å². The molecule has 0 bridgehead atoms. The molecule has 0 spiro atoms. The van der Waals surface area contributed by atoms with Gasteiger partial charge in [0.15, 0.2) is 5.69 Å². The average Bonchev–Trinajstić information content (AvgIpc) is 3.31. The van der Waals surface area contributed by atoms with Gasteiger partial charge in [-0.05, 0) is 105 Å². The zero-order chi connectivity index (χ0) is 29.0. The molecule has 0 saturated heterocycles. The van der Waals surface area contributed by atoms with Crippen LogP contribution in [0.5, 0.6) is 11.5 Å². The number of carbonyl (C=O) groups excluding carboxylic acids is 1. The van der Waals surface area contributed by atoms with E-state index < -0.39 is 12.3 Å². The Morgan fingerprint density at radius 1 is 1.00 bits per heavy atom. The Kier molecular flexibility index (Phi) is 8.85. The molecule has 0 atom stereocenters. The summed E-state index contributed by atoms with van der Waals surface area (Å²) in [6, 6.07) is 12.9. The largest absolute Gasteiger partial charge is 0.573 e. The summed E-state index contributed by atoms with van der Waals surface area (Å²) in [6.45, 7) is 2.49. The summed E-state index contributed by atoms with van der Waals surface area (Å²) in [5.74, 6) is 0.955. The number of carbonyl (C=O) groups is 1. The number of aromatic nitrogens is 3. The SMILES string of the molecule is CCOC(=O)c1nnn(Cc2ccc(OC)cc2)c1CC1CCC(c2ccc(OC(F)(F)F)c(C3CCC3)c2)CC1.